The van der Waals surface area contributed by atoms with Crippen LogP contribution in [-0.4, -0.2) is 22.4 Å². The summed E-state index contributed by atoms with van der Waals surface area (Å²) in [6.45, 7) is 3.68. The highest BCUT2D eigenvalue weighted by Gasteiger charge is 2.28. The van der Waals surface area contributed by atoms with Gasteiger partial charge in [-0.1, -0.05) is 11.2 Å². The van der Waals surface area contributed by atoms with Crippen LogP contribution in [0.2, 0.25) is 0 Å². The maximum absolute atomic E-state index is 12.4. The summed E-state index contributed by atoms with van der Waals surface area (Å²) < 4.78 is 5.18. The number of carbonyl (C=O) groups is 1. The van der Waals surface area contributed by atoms with Crippen molar-refractivity contribution in [3.63, 3.8) is 0 Å². The predicted octanol–water partition coefficient (Wildman–Crippen LogP) is 3.54. The molecule has 1 aliphatic carbocycles. The Morgan fingerprint density at radius 2 is 2.10 bits per heavy atom. The van der Waals surface area contributed by atoms with Gasteiger partial charge in [-0.2, -0.15) is 0 Å². The Hall–Kier alpha value is -1.82. The molecule has 0 atom stereocenters. The highest BCUT2D eigenvalue weighted by Crippen LogP contribution is 2.45. The van der Waals surface area contributed by atoms with Gasteiger partial charge in [0.15, 0.2) is 0 Å². The van der Waals surface area contributed by atoms with Gasteiger partial charge in [-0.3, -0.25) is 10.1 Å². The third-order valence-electron chi connectivity index (χ3n) is 3.65. The van der Waals surface area contributed by atoms with Crippen molar-refractivity contribution in [1.29, 1.82) is 0 Å². The van der Waals surface area contributed by atoms with Crippen molar-refractivity contribution in [1.82, 2.24) is 10.2 Å². The van der Waals surface area contributed by atoms with Crippen LogP contribution >= 0.6 is 11.8 Å². The van der Waals surface area contributed by atoms with Gasteiger partial charge in [0, 0.05) is 17.4 Å². The monoisotopic (exact) mass is 303 g/mol. The molecule has 0 aliphatic heterocycles. The lowest BCUT2D eigenvalue weighted by Gasteiger charge is -2.13. The summed E-state index contributed by atoms with van der Waals surface area (Å²) >= 11 is 1.70. The van der Waals surface area contributed by atoms with Crippen LogP contribution in [0, 0.1) is 13.8 Å². The molecule has 0 radical (unpaired) electrons. The minimum Gasteiger partial charge on any atom is -0.408 e. The molecule has 1 aromatic heterocycles. The zero-order valence-electron chi connectivity index (χ0n) is 12.3. The maximum atomic E-state index is 12.4. The second-order valence-corrected chi connectivity index (χ2v) is 6.03. The Balaban J connectivity index is 1.89. The minimum atomic E-state index is -0.214. The number of rotatable bonds is 4. The number of thioether (sulfide) groups is 1. The Labute approximate surface area is 127 Å². The minimum absolute atomic E-state index is 0.133. The number of amides is 1. The summed E-state index contributed by atoms with van der Waals surface area (Å²) in [5.41, 5.74) is 3.03. The van der Waals surface area contributed by atoms with Crippen molar-refractivity contribution in [2.24, 2.45) is 0 Å². The third-order valence-corrected chi connectivity index (χ3v) is 4.60. The molecule has 1 aliphatic rings. The molecule has 6 heteroatoms. The van der Waals surface area contributed by atoms with Crippen LogP contribution in [0.1, 0.15) is 46.1 Å². The SMILES string of the molecule is CSc1c(C2CC2)ccc(C(=O)Nc2nnc(C)o2)c1C. The Morgan fingerprint density at radius 1 is 1.33 bits per heavy atom. The number of carbonyl (C=O) groups excluding carboxylic acids is 1. The van der Waals surface area contributed by atoms with Crippen molar-refractivity contribution in [3.05, 3.63) is 34.7 Å². The highest BCUT2D eigenvalue weighted by molar-refractivity contribution is 7.98. The second-order valence-electron chi connectivity index (χ2n) is 5.22. The van der Waals surface area contributed by atoms with Crippen LogP contribution in [0.25, 0.3) is 0 Å². The lowest BCUT2D eigenvalue weighted by Crippen LogP contribution is -2.14. The number of anilines is 1. The second kappa shape index (κ2) is 5.52. The van der Waals surface area contributed by atoms with Crippen molar-refractivity contribution < 1.29 is 9.21 Å². The maximum Gasteiger partial charge on any atom is 0.322 e. The first-order valence-corrected chi connectivity index (χ1v) is 8.11. The van der Waals surface area contributed by atoms with Crippen LogP contribution in [0.5, 0.6) is 0 Å². The van der Waals surface area contributed by atoms with Gasteiger partial charge in [0.25, 0.3) is 5.91 Å². The molecule has 2 aromatic rings. The molecule has 3 rings (SSSR count). The first-order chi connectivity index (χ1) is 10.1. The fraction of sp³-hybridized carbons (Fsp3) is 0.400. The predicted molar refractivity (Wildman–Crippen MR) is 81.9 cm³/mol. The third kappa shape index (κ3) is 2.81. The van der Waals surface area contributed by atoms with Crippen molar-refractivity contribution in [2.75, 3.05) is 11.6 Å². The smallest absolute Gasteiger partial charge is 0.322 e. The van der Waals surface area contributed by atoms with Gasteiger partial charge >= 0.3 is 6.01 Å². The molecule has 0 unspecified atom stereocenters. The normalized spacial score (nSPS) is 14.2. The van der Waals surface area contributed by atoms with E-state index < -0.39 is 0 Å². The van der Waals surface area contributed by atoms with Gasteiger partial charge in [-0.15, -0.1) is 16.9 Å². The van der Waals surface area contributed by atoms with E-state index in [9.17, 15) is 4.79 Å². The molecule has 1 heterocycles. The molecular weight excluding hydrogens is 286 g/mol. The molecule has 0 saturated heterocycles. The average molecular weight is 303 g/mol. The molecule has 1 amide bonds. The van der Waals surface area contributed by atoms with Gasteiger partial charge in [0.05, 0.1) is 0 Å². The van der Waals surface area contributed by atoms with Gasteiger partial charge in [0.1, 0.15) is 0 Å². The number of hydrogen-bond acceptors (Lipinski definition) is 5. The van der Waals surface area contributed by atoms with Crippen molar-refractivity contribution >= 4 is 23.7 Å². The van der Waals surface area contributed by atoms with E-state index >= 15 is 0 Å². The summed E-state index contributed by atoms with van der Waals surface area (Å²) in [5, 5.41) is 10.1. The number of aryl methyl sites for hydroxylation is 1. The van der Waals surface area contributed by atoms with Crippen LogP contribution in [0.4, 0.5) is 6.01 Å². The van der Waals surface area contributed by atoms with E-state index in [2.05, 4.69) is 27.8 Å². The zero-order valence-corrected chi connectivity index (χ0v) is 13.1. The van der Waals surface area contributed by atoms with Crippen LogP contribution in [0.3, 0.4) is 0 Å². The van der Waals surface area contributed by atoms with Crippen LogP contribution in [0.15, 0.2) is 21.4 Å². The van der Waals surface area contributed by atoms with Crippen molar-refractivity contribution in [2.45, 2.75) is 37.5 Å². The Morgan fingerprint density at radius 3 is 2.67 bits per heavy atom. The van der Waals surface area contributed by atoms with E-state index in [1.807, 2.05) is 13.0 Å². The molecule has 1 saturated carbocycles. The molecule has 110 valence electrons. The van der Waals surface area contributed by atoms with E-state index in [-0.39, 0.29) is 11.9 Å². The summed E-state index contributed by atoms with van der Waals surface area (Å²) in [6.07, 6.45) is 4.55. The van der Waals surface area contributed by atoms with Crippen LogP contribution < -0.4 is 5.32 Å². The zero-order chi connectivity index (χ0) is 15.0. The molecule has 1 aromatic carbocycles. The number of benzene rings is 1. The van der Waals surface area contributed by atoms with Gasteiger partial charge in [-0.25, -0.2) is 0 Å². The molecule has 21 heavy (non-hydrogen) atoms. The van der Waals surface area contributed by atoms with Gasteiger partial charge in [-0.05, 0) is 49.1 Å². The first kappa shape index (κ1) is 14.1. The molecule has 1 N–H and O–H groups in total. The summed E-state index contributed by atoms with van der Waals surface area (Å²) in [4.78, 5) is 13.6. The van der Waals surface area contributed by atoms with E-state index in [4.69, 9.17) is 4.42 Å². The fourth-order valence-electron chi connectivity index (χ4n) is 2.46. The lowest BCUT2D eigenvalue weighted by molar-refractivity contribution is 0.102. The fourth-order valence-corrected chi connectivity index (χ4v) is 3.34. The van der Waals surface area contributed by atoms with E-state index in [1.54, 1.807) is 18.7 Å². The lowest BCUT2D eigenvalue weighted by atomic mass is 10.0. The summed E-state index contributed by atoms with van der Waals surface area (Å²) in [6, 6.07) is 4.10. The Bertz CT molecular complexity index is 692. The Kier molecular flexibility index (Phi) is 3.71. The molecule has 0 bridgehead atoms. The number of hydrogen-bond donors (Lipinski definition) is 1. The van der Waals surface area contributed by atoms with Crippen molar-refractivity contribution in [3.8, 4) is 0 Å². The molecular formula is C15H17N3O2S. The summed E-state index contributed by atoms with van der Waals surface area (Å²) in [7, 11) is 0. The average Bonchev–Trinajstić information content (AvgIpc) is 3.22. The number of aromatic nitrogens is 2. The topological polar surface area (TPSA) is 68.0 Å². The quantitative estimate of drug-likeness (QED) is 0.875. The number of nitrogens with zero attached hydrogens (tertiary/aromatic N) is 2. The van der Waals surface area contributed by atoms with Gasteiger partial charge in [0.2, 0.25) is 5.89 Å². The number of nitrogens with one attached hydrogen (secondary N) is 1. The van der Waals surface area contributed by atoms with Crippen LogP contribution in [-0.2, 0) is 0 Å². The molecule has 1 fully saturated rings. The largest absolute Gasteiger partial charge is 0.408 e. The summed E-state index contributed by atoms with van der Waals surface area (Å²) in [5.74, 6) is 0.881. The first-order valence-electron chi connectivity index (χ1n) is 6.89. The standard InChI is InChI=1S/C15H17N3O2S/c1-8-11(14(19)16-15-18-17-9(2)20-15)6-7-12(10-4-5-10)13(8)21-3/h6-7,10H,4-5H2,1-3H3,(H,16,18,19). The van der Waals surface area contributed by atoms with E-state index in [0.29, 0.717) is 17.4 Å². The van der Waals surface area contributed by atoms with E-state index in [1.165, 1.54) is 23.3 Å². The highest BCUT2D eigenvalue weighted by atomic mass is 32.2. The molecule has 5 nitrogen and oxygen atoms in total. The van der Waals surface area contributed by atoms with E-state index in [0.717, 1.165) is 5.56 Å². The van der Waals surface area contributed by atoms with Gasteiger partial charge < -0.3 is 4.42 Å². The molecule has 0 spiro atoms.